The number of piperidine rings is 1. The zero-order valence-electron chi connectivity index (χ0n) is 16.3. The van der Waals surface area contributed by atoms with Gasteiger partial charge in [0.15, 0.2) is 0 Å². The molecule has 28 heavy (non-hydrogen) atoms. The van der Waals surface area contributed by atoms with Gasteiger partial charge in [-0.3, -0.25) is 4.79 Å². The molecule has 6 nitrogen and oxygen atoms in total. The molecule has 0 saturated carbocycles. The van der Waals surface area contributed by atoms with Crippen molar-refractivity contribution in [3.63, 3.8) is 0 Å². The predicted molar refractivity (Wildman–Crippen MR) is 105 cm³/mol. The third kappa shape index (κ3) is 3.87. The Morgan fingerprint density at radius 1 is 1.14 bits per heavy atom. The minimum Gasteiger partial charge on any atom is -0.474 e. The molecule has 2 fully saturated rings. The van der Waals surface area contributed by atoms with Crippen molar-refractivity contribution in [2.24, 2.45) is 0 Å². The lowest BCUT2D eigenvalue weighted by atomic mass is 9.72. The number of amides is 1. The Morgan fingerprint density at radius 2 is 1.86 bits per heavy atom. The van der Waals surface area contributed by atoms with Crippen LogP contribution in [0.1, 0.15) is 37.1 Å². The van der Waals surface area contributed by atoms with Gasteiger partial charge in [-0.25, -0.2) is 4.98 Å². The largest absolute Gasteiger partial charge is 0.474 e. The molecule has 2 aromatic rings. The first-order valence-electron chi connectivity index (χ1n) is 10.1. The first-order valence-corrected chi connectivity index (χ1v) is 10.1. The number of aryl methyl sites for hydroxylation is 1. The minimum absolute atomic E-state index is 0.0840. The van der Waals surface area contributed by atoms with Crippen molar-refractivity contribution in [3.8, 4) is 5.88 Å². The van der Waals surface area contributed by atoms with Crippen molar-refractivity contribution < 1.29 is 14.3 Å². The van der Waals surface area contributed by atoms with Crippen LogP contribution >= 0.6 is 0 Å². The minimum atomic E-state index is -0.461. The highest BCUT2D eigenvalue weighted by atomic mass is 16.5. The number of carbonyl (C=O) groups is 1. The average Bonchev–Trinajstić information content (AvgIpc) is 2.75. The van der Waals surface area contributed by atoms with Crippen molar-refractivity contribution in [1.29, 1.82) is 0 Å². The van der Waals surface area contributed by atoms with Gasteiger partial charge in [-0.05, 0) is 25.3 Å². The number of hydrogen-bond donors (Lipinski definition) is 0. The lowest BCUT2D eigenvalue weighted by molar-refractivity contribution is -0.143. The van der Waals surface area contributed by atoms with E-state index in [9.17, 15) is 4.79 Å². The molecule has 1 amide bonds. The number of likely N-dealkylation sites (tertiary alicyclic amines) is 1. The predicted octanol–water partition coefficient (Wildman–Crippen LogP) is 2.90. The number of rotatable bonds is 4. The Labute approximate surface area is 165 Å². The summed E-state index contributed by atoms with van der Waals surface area (Å²) in [5.41, 5.74) is 0.648. The highest BCUT2D eigenvalue weighted by molar-refractivity contribution is 5.88. The molecule has 0 N–H and O–H groups in total. The summed E-state index contributed by atoms with van der Waals surface area (Å²) < 4.78 is 11.6. The van der Waals surface area contributed by atoms with Crippen LogP contribution in [0.3, 0.4) is 0 Å². The van der Waals surface area contributed by atoms with E-state index in [0.29, 0.717) is 38.0 Å². The molecule has 6 heteroatoms. The fourth-order valence-corrected chi connectivity index (χ4v) is 4.25. The fraction of sp³-hybridized carbons (Fsp3) is 0.500. The van der Waals surface area contributed by atoms with Gasteiger partial charge < -0.3 is 14.4 Å². The van der Waals surface area contributed by atoms with Crippen LogP contribution in [-0.2, 0) is 14.9 Å². The lowest BCUT2D eigenvalue weighted by Crippen LogP contribution is -2.53. The Hall–Kier alpha value is -2.47. The first-order chi connectivity index (χ1) is 13.7. The van der Waals surface area contributed by atoms with Gasteiger partial charge in [-0.15, -0.1) is 0 Å². The van der Waals surface area contributed by atoms with Crippen molar-refractivity contribution >= 4 is 5.91 Å². The van der Waals surface area contributed by atoms with E-state index in [-0.39, 0.29) is 12.0 Å². The monoisotopic (exact) mass is 381 g/mol. The van der Waals surface area contributed by atoms with Crippen LogP contribution in [-0.4, -0.2) is 53.2 Å². The quantitative estimate of drug-likeness (QED) is 0.815. The van der Waals surface area contributed by atoms with Gasteiger partial charge in [0.1, 0.15) is 11.9 Å². The molecule has 0 aliphatic carbocycles. The first kappa shape index (κ1) is 18.9. The number of ether oxygens (including phenoxy) is 2. The molecule has 0 bridgehead atoms. The van der Waals surface area contributed by atoms with Crippen LogP contribution in [0.25, 0.3) is 0 Å². The Morgan fingerprint density at radius 3 is 2.54 bits per heavy atom. The van der Waals surface area contributed by atoms with Crippen LogP contribution < -0.4 is 4.74 Å². The number of aromatic nitrogens is 2. The Bertz CT molecular complexity index is 798. The molecule has 0 unspecified atom stereocenters. The molecule has 148 valence electrons. The fourth-order valence-electron chi connectivity index (χ4n) is 4.25. The third-order valence-electron chi connectivity index (χ3n) is 5.85. The zero-order valence-corrected chi connectivity index (χ0v) is 16.3. The van der Waals surface area contributed by atoms with E-state index in [1.807, 2.05) is 30.0 Å². The van der Waals surface area contributed by atoms with E-state index in [0.717, 1.165) is 31.2 Å². The second-order valence-electron chi connectivity index (χ2n) is 7.61. The molecular weight excluding hydrogens is 354 g/mol. The van der Waals surface area contributed by atoms with E-state index >= 15 is 0 Å². The van der Waals surface area contributed by atoms with Gasteiger partial charge in [-0.1, -0.05) is 30.3 Å². The van der Waals surface area contributed by atoms with Crippen LogP contribution in [0.4, 0.5) is 0 Å². The van der Waals surface area contributed by atoms with Crippen molar-refractivity contribution in [3.05, 3.63) is 54.0 Å². The normalized spacial score (nSPS) is 20.0. The van der Waals surface area contributed by atoms with Gasteiger partial charge in [0.2, 0.25) is 11.8 Å². The van der Waals surface area contributed by atoms with E-state index in [2.05, 4.69) is 22.1 Å². The molecule has 0 radical (unpaired) electrons. The van der Waals surface area contributed by atoms with Crippen LogP contribution in [0.5, 0.6) is 5.88 Å². The summed E-state index contributed by atoms with van der Waals surface area (Å²) in [5, 5.41) is 0. The Balaban J connectivity index is 1.43. The Kier molecular flexibility index (Phi) is 5.57. The zero-order chi connectivity index (χ0) is 19.4. The van der Waals surface area contributed by atoms with Gasteiger partial charge in [0, 0.05) is 51.4 Å². The SMILES string of the molecule is Cc1nccc(OC2CCN(C(=O)C3(c4ccccc4)CCOCC3)CC2)n1. The topological polar surface area (TPSA) is 64.5 Å². The summed E-state index contributed by atoms with van der Waals surface area (Å²) >= 11 is 0. The van der Waals surface area contributed by atoms with Crippen molar-refractivity contribution in [2.45, 2.75) is 44.1 Å². The summed E-state index contributed by atoms with van der Waals surface area (Å²) in [6.07, 6.45) is 4.91. The summed E-state index contributed by atoms with van der Waals surface area (Å²) in [4.78, 5) is 24.0. The van der Waals surface area contributed by atoms with Crippen LogP contribution in [0.2, 0.25) is 0 Å². The van der Waals surface area contributed by atoms with Gasteiger partial charge in [0.25, 0.3) is 0 Å². The number of hydrogen-bond acceptors (Lipinski definition) is 5. The average molecular weight is 381 g/mol. The molecular formula is C22H27N3O3. The second-order valence-corrected chi connectivity index (χ2v) is 7.61. The molecule has 1 aromatic carbocycles. The molecule has 0 spiro atoms. The number of nitrogens with zero attached hydrogens (tertiary/aromatic N) is 3. The molecule has 1 aromatic heterocycles. The van der Waals surface area contributed by atoms with E-state index in [4.69, 9.17) is 9.47 Å². The van der Waals surface area contributed by atoms with Crippen LogP contribution in [0.15, 0.2) is 42.6 Å². The van der Waals surface area contributed by atoms with Gasteiger partial charge >= 0.3 is 0 Å². The summed E-state index contributed by atoms with van der Waals surface area (Å²) in [5.74, 6) is 1.55. The van der Waals surface area contributed by atoms with E-state index in [1.54, 1.807) is 12.3 Å². The third-order valence-corrected chi connectivity index (χ3v) is 5.85. The standard InChI is InChI=1S/C22H27N3O3/c1-17-23-12-7-20(24-17)28-19-8-13-25(14-9-19)21(26)22(10-15-27-16-11-22)18-5-3-2-4-6-18/h2-7,12,19H,8-11,13-16H2,1H3. The smallest absolute Gasteiger partial charge is 0.233 e. The highest BCUT2D eigenvalue weighted by Gasteiger charge is 2.44. The maximum atomic E-state index is 13.6. The second kappa shape index (κ2) is 8.27. The van der Waals surface area contributed by atoms with Crippen molar-refractivity contribution in [2.75, 3.05) is 26.3 Å². The molecule has 0 atom stereocenters. The number of benzene rings is 1. The molecule has 2 aliphatic heterocycles. The summed E-state index contributed by atoms with van der Waals surface area (Å²) in [6, 6.07) is 12.0. The molecule has 2 saturated heterocycles. The van der Waals surface area contributed by atoms with Crippen molar-refractivity contribution in [1.82, 2.24) is 14.9 Å². The number of carbonyl (C=O) groups excluding carboxylic acids is 1. The highest BCUT2D eigenvalue weighted by Crippen LogP contribution is 2.37. The van der Waals surface area contributed by atoms with E-state index in [1.165, 1.54) is 0 Å². The maximum Gasteiger partial charge on any atom is 0.233 e. The molecule has 4 rings (SSSR count). The van der Waals surface area contributed by atoms with Gasteiger partial charge in [-0.2, -0.15) is 4.98 Å². The van der Waals surface area contributed by atoms with E-state index < -0.39 is 5.41 Å². The summed E-state index contributed by atoms with van der Waals surface area (Å²) in [7, 11) is 0. The van der Waals surface area contributed by atoms with Gasteiger partial charge in [0.05, 0.1) is 5.41 Å². The molecule has 3 heterocycles. The van der Waals surface area contributed by atoms with Crippen LogP contribution in [0, 0.1) is 6.92 Å². The molecule has 2 aliphatic rings. The summed E-state index contributed by atoms with van der Waals surface area (Å²) in [6.45, 7) is 4.54. The lowest BCUT2D eigenvalue weighted by Gasteiger charge is -2.42. The maximum absolute atomic E-state index is 13.6.